The van der Waals surface area contributed by atoms with Crippen molar-refractivity contribution in [2.45, 2.75) is 76.5 Å². The second-order valence-corrected chi connectivity index (χ2v) is 9.40. The number of aliphatic hydroxyl groups excluding tert-OH is 2. The minimum absolute atomic E-state index is 0.326. The van der Waals surface area contributed by atoms with E-state index in [1.807, 2.05) is 12.1 Å². The van der Waals surface area contributed by atoms with Gasteiger partial charge in [0.25, 0.3) is 0 Å². The number of hydrogen-bond donors (Lipinski definition) is 4. The predicted molar refractivity (Wildman–Crippen MR) is 132 cm³/mol. The quantitative estimate of drug-likeness (QED) is 0.484. The van der Waals surface area contributed by atoms with Crippen molar-refractivity contribution in [1.29, 1.82) is 0 Å². The van der Waals surface area contributed by atoms with Crippen LogP contribution in [0.4, 0.5) is 0 Å². The highest BCUT2D eigenvalue weighted by atomic mass is 16.3. The molecule has 2 aliphatic rings. The third-order valence-corrected chi connectivity index (χ3v) is 7.11. The van der Waals surface area contributed by atoms with Crippen molar-refractivity contribution in [3.05, 3.63) is 71.8 Å². The Labute approximate surface area is 194 Å². The summed E-state index contributed by atoms with van der Waals surface area (Å²) in [6, 6.07) is 21.9. The molecule has 4 heteroatoms. The first-order chi connectivity index (χ1) is 15.8. The molecular weight excluding hydrogens is 396 g/mol. The second-order valence-electron chi connectivity index (χ2n) is 9.40. The van der Waals surface area contributed by atoms with Crippen LogP contribution in [0.5, 0.6) is 0 Å². The van der Waals surface area contributed by atoms with Crippen molar-refractivity contribution in [3.63, 3.8) is 0 Å². The van der Waals surface area contributed by atoms with E-state index in [1.54, 1.807) is 0 Å². The topological polar surface area (TPSA) is 64.5 Å². The summed E-state index contributed by atoms with van der Waals surface area (Å²) in [5.74, 6) is 0.912. The molecule has 2 aromatic carbocycles. The van der Waals surface area contributed by atoms with E-state index in [9.17, 15) is 10.2 Å². The second kappa shape index (κ2) is 14.4. The fraction of sp³-hybridized carbons (Fsp3) is 0.571. The van der Waals surface area contributed by atoms with Crippen LogP contribution < -0.4 is 10.6 Å². The fourth-order valence-corrected chi connectivity index (χ4v) is 5.08. The molecule has 0 bridgehead atoms. The highest BCUT2D eigenvalue weighted by Crippen LogP contribution is 2.25. The predicted octanol–water partition coefficient (Wildman–Crippen LogP) is 4.65. The van der Waals surface area contributed by atoms with Crippen LogP contribution in [0.2, 0.25) is 0 Å². The maximum atomic E-state index is 9.32. The van der Waals surface area contributed by atoms with Gasteiger partial charge < -0.3 is 20.8 Å². The smallest absolute Gasteiger partial charge is 0.0474 e. The number of rotatable bonds is 8. The molecule has 0 radical (unpaired) electrons. The molecule has 4 rings (SSSR count). The van der Waals surface area contributed by atoms with Crippen molar-refractivity contribution >= 4 is 0 Å². The van der Waals surface area contributed by atoms with Crippen LogP contribution in [0.3, 0.4) is 0 Å². The summed E-state index contributed by atoms with van der Waals surface area (Å²) in [6.07, 6.45) is 9.89. The van der Waals surface area contributed by atoms with Crippen molar-refractivity contribution in [2.75, 3.05) is 13.2 Å². The lowest BCUT2D eigenvalue weighted by molar-refractivity contribution is 0.152. The molecule has 2 aromatic rings. The molecular formula is C28H42N2O2. The zero-order valence-electron chi connectivity index (χ0n) is 19.5. The Morgan fingerprint density at radius 2 is 0.938 bits per heavy atom. The number of benzene rings is 2. The molecule has 0 aliphatic heterocycles. The van der Waals surface area contributed by atoms with Gasteiger partial charge in [-0.15, -0.1) is 0 Å². The summed E-state index contributed by atoms with van der Waals surface area (Å²) in [7, 11) is 0. The molecule has 4 nitrogen and oxygen atoms in total. The van der Waals surface area contributed by atoms with E-state index in [-0.39, 0.29) is 0 Å². The van der Waals surface area contributed by atoms with E-state index in [0.717, 1.165) is 13.1 Å². The van der Waals surface area contributed by atoms with Crippen LogP contribution >= 0.6 is 0 Å². The molecule has 2 aliphatic carbocycles. The van der Waals surface area contributed by atoms with Crippen molar-refractivity contribution < 1.29 is 10.2 Å². The van der Waals surface area contributed by atoms with Crippen LogP contribution in [-0.2, 0) is 13.1 Å². The van der Waals surface area contributed by atoms with Gasteiger partial charge in [-0.05, 0) is 48.6 Å². The first-order valence-electron chi connectivity index (χ1n) is 12.6. The van der Waals surface area contributed by atoms with Crippen LogP contribution in [0.25, 0.3) is 0 Å². The van der Waals surface area contributed by atoms with Crippen LogP contribution in [-0.4, -0.2) is 35.5 Å². The fourth-order valence-electron chi connectivity index (χ4n) is 5.08. The number of nitrogens with one attached hydrogen (secondary N) is 2. The third-order valence-electron chi connectivity index (χ3n) is 7.11. The zero-order valence-corrected chi connectivity index (χ0v) is 19.5. The Balaban J connectivity index is 0.000000181. The Kier molecular flexibility index (Phi) is 11.2. The average molecular weight is 439 g/mol. The van der Waals surface area contributed by atoms with Gasteiger partial charge in [0.1, 0.15) is 0 Å². The third kappa shape index (κ3) is 8.32. The zero-order chi connectivity index (χ0) is 22.4. The standard InChI is InChI=1S/2C14H21NO/c2*16-11-13-8-4-5-9-14(13)15-10-12-6-2-1-3-7-12/h2*1-3,6-7,13-16H,4-5,8-11H2/t2*13-,14-/m10/s1. The lowest BCUT2D eigenvalue weighted by Crippen LogP contribution is -2.39. The molecule has 176 valence electrons. The van der Waals surface area contributed by atoms with Gasteiger partial charge >= 0.3 is 0 Å². The first-order valence-corrected chi connectivity index (χ1v) is 12.6. The van der Waals surface area contributed by atoms with Gasteiger partial charge in [0.2, 0.25) is 0 Å². The molecule has 2 fully saturated rings. The van der Waals surface area contributed by atoms with E-state index < -0.39 is 0 Å². The summed E-state index contributed by atoms with van der Waals surface area (Å²) in [4.78, 5) is 0. The van der Waals surface area contributed by atoms with E-state index in [0.29, 0.717) is 37.1 Å². The maximum absolute atomic E-state index is 9.32. The van der Waals surface area contributed by atoms with E-state index in [1.165, 1.54) is 62.5 Å². The molecule has 32 heavy (non-hydrogen) atoms. The minimum Gasteiger partial charge on any atom is -0.396 e. The number of aliphatic hydroxyl groups is 2. The summed E-state index contributed by atoms with van der Waals surface area (Å²) < 4.78 is 0. The lowest BCUT2D eigenvalue weighted by Gasteiger charge is -2.31. The van der Waals surface area contributed by atoms with Gasteiger partial charge in [-0.25, -0.2) is 0 Å². The SMILES string of the molecule is OC[C@@H]1CCCC[C@@H]1NCc1ccccc1.OC[C@H]1CCCC[C@H]1NCc1ccccc1. The van der Waals surface area contributed by atoms with Crippen LogP contribution in [0.1, 0.15) is 62.5 Å². The highest BCUT2D eigenvalue weighted by molar-refractivity contribution is 5.15. The van der Waals surface area contributed by atoms with Gasteiger partial charge in [-0.2, -0.15) is 0 Å². The highest BCUT2D eigenvalue weighted by Gasteiger charge is 2.24. The van der Waals surface area contributed by atoms with Gasteiger partial charge in [-0.1, -0.05) is 86.3 Å². The molecule has 0 amide bonds. The monoisotopic (exact) mass is 438 g/mol. The van der Waals surface area contributed by atoms with E-state index in [4.69, 9.17) is 0 Å². The molecule has 0 unspecified atom stereocenters. The normalized spacial score (nSPS) is 25.6. The first kappa shape index (κ1) is 24.9. The maximum Gasteiger partial charge on any atom is 0.0474 e. The molecule has 2 saturated carbocycles. The van der Waals surface area contributed by atoms with E-state index >= 15 is 0 Å². The van der Waals surface area contributed by atoms with Gasteiger partial charge in [0.15, 0.2) is 0 Å². The Bertz CT molecular complexity index is 661. The van der Waals surface area contributed by atoms with Gasteiger partial charge in [-0.3, -0.25) is 0 Å². The van der Waals surface area contributed by atoms with Gasteiger partial charge in [0.05, 0.1) is 0 Å². The molecule has 0 heterocycles. The molecule has 4 atom stereocenters. The average Bonchev–Trinajstić information content (AvgIpc) is 2.88. The summed E-state index contributed by atoms with van der Waals surface area (Å²) in [5.41, 5.74) is 2.65. The molecule has 0 spiro atoms. The minimum atomic E-state index is 0.326. The van der Waals surface area contributed by atoms with Crippen molar-refractivity contribution in [1.82, 2.24) is 10.6 Å². The Hall–Kier alpha value is -1.72. The van der Waals surface area contributed by atoms with Crippen molar-refractivity contribution in [2.24, 2.45) is 11.8 Å². The molecule has 4 N–H and O–H groups in total. The van der Waals surface area contributed by atoms with E-state index in [2.05, 4.69) is 59.2 Å². The molecule has 0 aromatic heterocycles. The largest absolute Gasteiger partial charge is 0.396 e. The van der Waals surface area contributed by atoms with Crippen LogP contribution in [0.15, 0.2) is 60.7 Å². The van der Waals surface area contributed by atoms with Crippen LogP contribution in [0, 0.1) is 11.8 Å². The van der Waals surface area contributed by atoms with Gasteiger partial charge in [0, 0.05) is 38.4 Å². The summed E-state index contributed by atoms with van der Waals surface area (Å²) in [5, 5.41) is 25.8. The molecule has 0 saturated heterocycles. The Morgan fingerprint density at radius 3 is 1.31 bits per heavy atom. The number of hydrogen-bond acceptors (Lipinski definition) is 4. The van der Waals surface area contributed by atoms with Crippen molar-refractivity contribution in [3.8, 4) is 0 Å². The lowest BCUT2D eigenvalue weighted by atomic mass is 9.85. The summed E-state index contributed by atoms with van der Waals surface area (Å²) >= 11 is 0. The summed E-state index contributed by atoms with van der Waals surface area (Å²) in [6.45, 7) is 2.49. The Morgan fingerprint density at radius 1 is 0.562 bits per heavy atom.